The van der Waals surface area contributed by atoms with Crippen LogP contribution in [0.25, 0.3) is 0 Å². The molecule has 0 unspecified atom stereocenters. The summed E-state index contributed by atoms with van der Waals surface area (Å²) in [5.41, 5.74) is 0. The number of hydrogen-bond donors (Lipinski definition) is 0. The predicted molar refractivity (Wildman–Crippen MR) is 54.4 cm³/mol. The summed E-state index contributed by atoms with van der Waals surface area (Å²) in [7, 11) is 0. The van der Waals surface area contributed by atoms with Crippen molar-refractivity contribution < 1.29 is 4.92 Å². The predicted octanol–water partition coefficient (Wildman–Crippen LogP) is 3.18. The molecule has 0 aromatic rings. The molecule has 0 atom stereocenters. The minimum atomic E-state index is -0.312. The van der Waals surface area contributed by atoms with Crippen molar-refractivity contribution in [1.29, 1.82) is 0 Å². The Bertz CT molecular complexity index is 155. The minimum absolute atomic E-state index is 0.0328. The van der Waals surface area contributed by atoms with Crippen molar-refractivity contribution in [2.24, 2.45) is 0 Å². The molecule has 0 saturated carbocycles. The molecule has 0 amide bonds. The Balaban J connectivity index is 3.06. The zero-order chi connectivity index (χ0) is 9.94. The average molecular weight is 185 g/mol. The van der Waals surface area contributed by atoms with Gasteiger partial charge in [0, 0.05) is 4.92 Å². The van der Waals surface area contributed by atoms with Gasteiger partial charge in [0.15, 0.2) is 0 Å². The molecule has 0 heterocycles. The molecule has 13 heavy (non-hydrogen) atoms. The van der Waals surface area contributed by atoms with Gasteiger partial charge in [0.25, 0.3) is 0 Å². The maximum absolute atomic E-state index is 9.93. The highest BCUT2D eigenvalue weighted by Crippen LogP contribution is 2.04. The topological polar surface area (TPSA) is 43.1 Å². The van der Waals surface area contributed by atoms with E-state index in [1.165, 1.54) is 25.7 Å². The second-order valence-electron chi connectivity index (χ2n) is 3.19. The SMILES string of the molecule is CCCCCCC/C=C/C[N+](=O)[O-]. The van der Waals surface area contributed by atoms with E-state index in [9.17, 15) is 10.1 Å². The van der Waals surface area contributed by atoms with E-state index in [2.05, 4.69) is 6.92 Å². The summed E-state index contributed by atoms with van der Waals surface area (Å²) in [5.74, 6) is 0. The maximum Gasteiger partial charge on any atom is 0.222 e. The molecule has 0 rings (SSSR count). The largest absolute Gasteiger partial charge is 0.264 e. The van der Waals surface area contributed by atoms with E-state index < -0.39 is 0 Å². The molecule has 0 saturated heterocycles. The lowest BCUT2D eigenvalue weighted by Crippen LogP contribution is -1.95. The standard InChI is InChI=1S/C10H19NO2/c1-2-3-4-5-6-7-8-9-10-11(12)13/h8-9H,2-7,10H2,1H3/b9-8+. The van der Waals surface area contributed by atoms with Gasteiger partial charge in [-0.1, -0.05) is 38.7 Å². The Morgan fingerprint density at radius 3 is 2.46 bits per heavy atom. The van der Waals surface area contributed by atoms with Gasteiger partial charge in [-0.25, -0.2) is 0 Å². The Morgan fingerprint density at radius 2 is 1.85 bits per heavy atom. The van der Waals surface area contributed by atoms with Gasteiger partial charge in [-0.2, -0.15) is 0 Å². The smallest absolute Gasteiger partial charge is 0.222 e. The van der Waals surface area contributed by atoms with E-state index in [0.717, 1.165) is 12.8 Å². The Labute approximate surface area is 80.0 Å². The summed E-state index contributed by atoms with van der Waals surface area (Å²) in [6.45, 7) is 2.16. The molecule has 3 nitrogen and oxygen atoms in total. The van der Waals surface area contributed by atoms with Crippen LogP contribution in [-0.2, 0) is 0 Å². The molecular formula is C10H19NO2. The van der Waals surface area contributed by atoms with Gasteiger partial charge < -0.3 is 0 Å². The number of nitrogens with zero attached hydrogens (tertiary/aromatic N) is 1. The molecule has 3 heteroatoms. The molecule has 0 aliphatic heterocycles. The zero-order valence-electron chi connectivity index (χ0n) is 8.37. The molecule has 0 aliphatic carbocycles. The molecule has 0 spiro atoms. The third kappa shape index (κ3) is 11.1. The Kier molecular flexibility index (Phi) is 8.62. The molecule has 0 radical (unpaired) electrons. The summed E-state index contributed by atoms with van der Waals surface area (Å²) in [5, 5.41) is 9.93. The normalized spacial score (nSPS) is 10.8. The molecule has 0 bridgehead atoms. The lowest BCUT2D eigenvalue weighted by molar-refractivity contribution is -0.468. The van der Waals surface area contributed by atoms with E-state index in [-0.39, 0.29) is 11.5 Å². The van der Waals surface area contributed by atoms with Gasteiger partial charge in [0.1, 0.15) is 0 Å². The van der Waals surface area contributed by atoms with Crippen LogP contribution in [0, 0.1) is 10.1 Å². The molecule has 0 aromatic heterocycles. The summed E-state index contributed by atoms with van der Waals surface area (Å²) < 4.78 is 0. The van der Waals surface area contributed by atoms with Crippen LogP contribution in [0.2, 0.25) is 0 Å². The van der Waals surface area contributed by atoms with Crippen LogP contribution < -0.4 is 0 Å². The molecule has 76 valence electrons. The van der Waals surface area contributed by atoms with Crippen molar-refractivity contribution in [2.45, 2.75) is 45.4 Å². The Morgan fingerprint density at radius 1 is 1.15 bits per heavy atom. The fourth-order valence-corrected chi connectivity index (χ4v) is 1.14. The molecular weight excluding hydrogens is 166 g/mol. The van der Waals surface area contributed by atoms with Crippen molar-refractivity contribution in [3.8, 4) is 0 Å². The second-order valence-corrected chi connectivity index (χ2v) is 3.19. The summed E-state index contributed by atoms with van der Waals surface area (Å²) in [4.78, 5) is 9.62. The number of unbranched alkanes of at least 4 members (excludes halogenated alkanes) is 5. The average Bonchev–Trinajstić information content (AvgIpc) is 2.09. The van der Waals surface area contributed by atoms with Crippen LogP contribution in [-0.4, -0.2) is 11.5 Å². The quantitative estimate of drug-likeness (QED) is 0.252. The van der Waals surface area contributed by atoms with Crippen molar-refractivity contribution in [1.82, 2.24) is 0 Å². The van der Waals surface area contributed by atoms with Crippen LogP contribution in [0.5, 0.6) is 0 Å². The third-order valence-corrected chi connectivity index (χ3v) is 1.90. The molecule has 0 aromatic carbocycles. The third-order valence-electron chi connectivity index (χ3n) is 1.90. The minimum Gasteiger partial charge on any atom is -0.264 e. The van der Waals surface area contributed by atoms with Gasteiger partial charge in [-0.15, -0.1) is 0 Å². The monoisotopic (exact) mass is 185 g/mol. The van der Waals surface area contributed by atoms with Crippen molar-refractivity contribution in [3.63, 3.8) is 0 Å². The molecule has 0 aliphatic rings. The van der Waals surface area contributed by atoms with E-state index in [4.69, 9.17) is 0 Å². The van der Waals surface area contributed by atoms with Crippen LogP contribution in [0.4, 0.5) is 0 Å². The van der Waals surface area contributed by atoms with Crippen LogP contribution >= 0.6 is 0 Å². The van der Waals surface area contributed by atoms with Gasteiger partial charge in [-0.3, -0.25) is 10.1 Å². The first-order chi connectivity index (χ1) is 6.27. The number of nitro groups is 1. The van der Waals surface area contributed by atoms with E-state index >= 15 is 0 Å². The van der Waals surface area contributed by atoms with Gasteiger partial charge in [0.05, 0.1) is 0 Å². The highest BCUT2D eigenvalue weighted by atomic mass is 16.6. The van der Waals surface area contributed by atoms with Gasteiger partial charge in [-0.05, 0) is 18.9 Å². The highest BCUT2D eigenvalue weighted by molar-refractivity contribution is 4.80. The first kappa shape index (κ1) is 12.1. The second kappa shape index (κ2) is 9.23. The lowest BCUT2D eigenvalue weighted by atomic mass is 10.1. The van der Waals surface area contributed by atoms with Crippen molar-refractivity contribution >= 4 is 0 Å². The summed E-state index contributed by atoms with van der Waals surface area (Å²) >= 11 is 0. The van der Waals surface area contributed by atoms with Gasteiger partial charge in [0.2, 0.25) is 6.54 Å². The van der Waals surface area contributed by atoms with Crippen LogP contribution in [0.3, 0.4) is 0 Å². The van der Waals surface area contributed by atoms with E-state index in [1.54, 1.807) is 6.08 Å². The molecule has 0 N–H and O–H groups in total. The van der Waals surface area contributed by atoms with Crippen molar-refractivity contribution in [3.05, 3.63) is 22.3 Å². The maximum atomic E-state index is 9.93. The number of hydrogen-bond acceptors (Lipinski definition) is 2. The van der Waals surface area contributed by atoms with Crippen molar-refractivity contribution in [2.75, 3.05) is 6.54 Å². The fourth-order valence-electron chi connectivity index (χ4n) is 1.14. The Hall–Kier alpha value is -0.860. The fraction of sp³-hybridized carbons (Fsp3) is 0.800. The summed E-state index contributed by atoms with van der Waals surface area (Å²) in [6, 6.07) is 0. The first-order valence-corrected chi connectivity index (χ1v) is 5.04. The zero-order valence-corrected chi connectivity index (χ0v) is 8.37. The van der Waals surface area contributed by atoms with Crippen LogP contribution in [0.15, 0.2) is 12.2 Å². The molecule has 0 fully saturated rings. The van der Waals surface area contributed by atoms with E-state index in [1.807, 2.05) is 6.08 Å². The number of rotatable bonds is 8. The summed E-state index contributed by atoms with van der Waals surface area (Å²) in [6.07, 6.45) is 10.8. The number of allylic oxidation sites excluding steroid dienone is 1. The van der Waals surface area contributed by atoms with Gasteiger partial charge >= 0.3 is 0 Å². The van der Waals surface area contributed by atoms with Crippen LogP contribution in [0.1, 0.15) is 45.4 Å². The first-order valence-electron chi connectivity index (χ1n) is 5.04. The highest BCUT2D eigenvalue weighted by Gasteiger charge is 1.88. The lowest BCUT2D eigenvalue weighted by Gasteiger charge is -1.95. The van der Waals surface area contributed by atoms with E-state index in [0.29, 0.717) is 0 Å².